The fourth-order valence-corrected chi connectivity index (χ4v) is 5.41. The van der Waals surface area contributed by atoms with Crippen LogP contribution in [0.4, 0.5) is 4.39 Å². The number of benzene rings is 2. The van der Waals surface area contributed by atoms with Gasteiger partial charge in [0.15, 0.2) is 0 Å². The van der Waals surface area contributed by atoms with Crippen molar-refractivity contribution < 1.29 is 12.8 Å². The third-order valence-electron chi connectivity index (χ3n) is 4.79. The summed E-state index contributed by atoms with van der Waals surface area (Å²) < 4.78 is 41.4. The van der Waals surface area contributed by atoms with E-state index in [9.17, 15) is 12.8 Å². The summed E-state index contributed by atoms with van der Waals surface area (Å²) in [4.78, 5) is 0.286. The summed E-state index contributed by atoms with van der Waals surface area (Å²) in [7, 11) is -3.65. The van der Waals surface area contributed by atoms with Crippen LogP contribution in [0.15, 0.2) is 53.4 Å². The molecule has 25 heavy (non-hydrogen) atoms. The maximum Gasteiger partial charge on any atom is 0.243 e. The SMILES string of the molecule is Cc1ccc(S(=O)(=O)N2C(CCN)CCC2c2ccc(F)cc2)cc1. The van der Waals surface area contributed by atoms with Gasteiger partial charge in [-0.05, 0) is 62.6 Å². The molecule has 2 N–H and O–H groups in total. The van der Waals surface area contributed by atoms with Crippen LogP contribution in [0, 0.1) is 12.7 Å². The van der Waals surface area contributed by atoms with Crippen LogP contribution in [0.5, 0.6) is 0 Å². The largest absolute Gasteiger partial charge is 0.330 e. The third kappa shape index (κ3) is 3.61. The number of hydrogen-bond donors (Lipinski definition) is 1. The molecule has 2 aromatic carbocycles. The van der Waals surface area contributed by atoms with E-state index in [-0.39, 0.29) is 22.8 Å². The van der Waals surface area contributed by atoms with Crippen LogP contribution in [-0.4, -0.2) is 25.3 Å². The number of hydrogen-bond acceptors (Lipinski definition) is 3. The van der Waals surface area contributed by atoms with Crippen molar-refractivity contribution in [3.63, 3.8) is 0 Å². The van der Waals surface area contributed by atoms with Crippen LogP contribution >= 0.6 is 0 Å². The van der Waals surface area contributed by atoms with Crippen LogP contribution in [0.2, 0.25) is 0 Å². The van der Waals surface area contributed by atoms with Gasteiger partial charge < -0.3 is 5.73 Å². The molecule has 0 spiro atoms. The Hall–Kier alpha value is -1.76. The molecule has 1 aliphatic rings. The maximum absolute atomic E-state index is 13.3. The molecule has 0 aliphatic carbocycles. The molecule has 3 rings (SSSR count). The van der Waals surface area contributed by atoms with Crippen molar-refractivity contribution in [3.8, 4) is 0 Å². The number of sulfonamides is 1. The van der Waals surface area contributed by atoms with E-state index < -0.39 is 10.0 Å². The minimum absolute atomic E-state index is 0.133. The number of rotatable bonds is 5. The van der Waals surface area contributed by atoms with Gasteiger partial charge in [-0.15, -0.1) is 0 Å². The predicted molar refractivity (Wildman–Crippen MR) is 96.0 cm³/mol. The van der Waals surface area contributed by atoms with Crippen molar-refractivity contribution in [2.75, 3.05) is 6.54 Å². The van der Waals surface area contributed by atoms with E-state index in [0.717, 1.165) is 17.5 Å². The topological polar surface area (TPSA) is 63.4 Å². The summed E-state index contributed by atoms with van der Waals surface area (Å²) >= 11 is 0. The van der Waals surface area contributed by atoms with Gasteiger partial charge in [-0.1, -0.05) is 29.8 Å². The van der Waals surface area contributed by atoms with Gasteiger partial charge in [-0.25, -0.2) is 12.8 Å². The number of halogens is 1. The first-order valence-corrected chi connectivity index (χ1v) is 9.93. The van der Waals surface area contributed by atoms with Crippen LogP contribution in [0.3, 0.4) is 0 Å². The molecule has 0 amide bonds. The Morgan fingerprint density at radius 3 is 2.32 bits per heavy atom. The van der Waals surface area contributed by atoms with Gasteiger partial charge in [0.05, 0.1) is 10.9 Å². The zero-order valence-corrected chi connectivity index (χ0v) is 15.0. The molecular formula is C19H23FN2O2S. The molecule has 1 saturated heterocycles. The van der Waals surface area contributed by atoms with E-state index in [1.165, 1.54) is 12.1 Å². The van der Waals surface area contributed by atoms with Crippen molar-refractivity contribution in [2.24, 2.45) is 5.73 Å². The van der Waals surface area contributed by atoms with E-state index in [1.54, 1.807) is 40.7 Å². The predicted octanol–water partition coefficient (Wildman–Crippen LogP) is 3.38. The van der Waals surface area contributed by atoms with Crippen molar-refractivity contribution in [1.82, 2.24) is 4.31 Å². The Balaban J connectivity index is 2.02. The molecule has 0 aromatic heterocycles. The molecule has 134 valence electrons. The van der Waals surface area contributed by atoms with E-state index >= 15 is 0 Å². The summed E-state index contributed by atoms with van der Waals surface area (Å²) in [5, 5.41) is 0. The second kappa shape index (κ2) is 7.23. The van der Waals surface area contributed by atoms with Crippen molar-refractivity contribution >= 4 is 10.0 Å². The summed E-state index contributed by atoms with van der Waals surface area (Å²) in [5.74, 6) is -0.326. The minimum Gasteiger partial charge on any atom is -0.330 e. The lowest BCUT2D eigenvalue weighted by atomic mass is 10.1. The van der Waals surface area contributed by atoms with Crippen LogP contribution in [0.1, 0.15) is 36.4 Å². The highest BCUT2D eigenvalue weighted by molar-refractivity contribution is 7.89. The minimum atomic E-state index is -3.65. The Morgan fingerprint density at radius 1 is 1.08 bits per heavy atom. The van der Waals surface area contributed by atoms with Crippen LogP contribution < -0.4 is 5.73 Å². The quantitative estimate of drug-likeness (QED) is 0.887. The van der Waals surface area contributed by atoms with Crippen LogP contribution in [0.25, 0.3) is 0 Å². The number of nitrogens with two attached hydrogens (primary N) is 1. The van der Waals surface area contributed by atoms with E-state index in [0.29, 0.717) is 19.4 Å². The van der Waals surface area contributed by atoms with E-state index in [1.807, 2.05) is 6.92 Å². The smallest absolute Gasteiger partial charge is 0.243 e. The highest BCUT2D eigenvalue weighted by Gasteiger charge is 2.42. The third-order valence-corrected chi connectivity index (χ3v) is 6.77. The van der Waals surface area contributed by atoms with Crippen molar-refractivity contribution in [2.45, 2.75) is 43.2 Å². The average Bonchev–Trinajstić information content (AvgIpc) is 3.01. The lowest BCUT2D eigenvalue weighted by molar-refractivity contribution is 0.315. The van der Waals surface area contributed by atoms with Gasteiger partial charge in [-0.2, -0.15) is 4.31 Å². The fourth-order valence-electron chi connectivity index (χ4n) is 3.52. The molecule has 1 heterocycles. The molecule has 1 fully saturated rings. The molecule has 2 unspecified atom stereocenters. The average molecular weight is 362 g/mol. The fraction of sp³-hybridized carbons (Fsp3) is 0.368. The van der Waals surface area contributed by atoms with Gasteiger partial charge in [-0.3, -0.25) is 0 Å². The van der Waals surface area contributed by atoms with Gasteiger partial charge in [0, 0.05) is 6.04 Å². The molecule has 0 bridgehead atoms. The number of nitrogens with zero attached hydrogens (tertiary/aromatic N) is 1. The lowest BCUT2D eigenvalue weighted by Crippen LogP contribution is -2.38. The second-order valence-electron chi connectivity index (χ2n) is 6.52. The standard InChI is InChI=1S/C19H23FN2O2S/c1-14-2-9-18(10-3-14)25(23,24)22-17(12-13-21)8-11-19(22)15-4-6-16(20)7-5-15/h2-7,9-10,17,19H,8,11-13,21H2,1H3. The van der Waals surface area contributed by atoms with Gasteiger partial charge in [0.2, 0.25) is 10.0 Å². The summed E-state index contributed by atoms with van der Waals surface area (Å²) in [6.07, 6.45) is 2.08. The van der Waals surface area contributed by atoms with Gasteiger partial charge in [0.1, 0.15) is 5.82 Å². The monoisotopic (exact) mass is 362 g/mol. The zero-order valence-electron chi connectivity index (χ0n) is 14.2. The first kappa shape index (κ1) is 18.0. The Morgan fingerprint density at radius 2 is 1.72 bits per heavy atom. The van der Waals surface area contributed by atoms with E-state index in [4.69, 9.17) is 5.73 Å². The molecule has 6 heteroatoms. The van der Waals surface area contributed by atoms with E-state index in [2.05, 4.69) is 0 Å². The first-order valence-electron chi connectivity index (χ1n) is 8.49. The Labute approximate surface area is 148 Å². The second-order valence-corrected chi connectivity index (χ2v) is 8.37. The molecule has 0 radical (unpaired) electrons. The lowest BCUT2D eigenvalue weighted by Gasteiger charge is -2.29. The molecule has 4 nitrogen and oxygen atoms in total. The summed E-state index contributed by atoms with van der Waals surface area (Å²) in [6, 6.07) is 12.6. The maximum atomic E-state index is 13.3. The highest BCUT2D eigenvalue weighted by Crippen LogP contribution is 2.41. The van der Waals surface area contributed by atoms with Gasteiger partial charge in [0.25, 0.3) is 0 Å². The molecule has 1 aliphatic heterocycles. The highest BCUT2D eigenvalue weighted by atomic mass is 32.2. The zero-order chi connectivity index (χ0) is 18.0. The first-order chi connectivity index (χ1) is 11.9. The normalized spacial score (nSPS) is 21.6. The molecular weight excluding hydrogens is 339 g/mol. The Bertz CT molecular complexity index is 820. The van der Waals surface area contributed by atoms with Gasteiger partial charge >= 0.3 is 0 Å². The summed E-state index contributed by atoms with van der Waals surface area (Å²) in [5.41, 5.74) is 7.53. The van der Waals surface area contributed by atoms with Crippen molar-refractivity contribution in [1.29, 1.82) is 0 Å². The summed E-state index contributed by atoms with van der Waals surface area (Å²) in [6.45, 7) is 2.35. The Kier molecular flexibility index (Phi) is 5.22. The molecule has 2 atom stereocenters. The molecule has 2 aromatic rings. The van der Waals surface area contributed by atoms with Crippen LogP contribution in [-0.2, 0) is 10.0 Å². The van der Waals surface area contributed by atoms with Crippen molar-refractivity contribution in [3.05, 3.63) is 65.5 Å². The number of aryl methyl sites for hydroxylation is 1. The molecule has 0 saturated carbocycles.